The molecule has 0 aromatic heterocycles. The molecule has 0 aliphatic heterocycles. The molecule has 0 radical (unpaired) electrons. The molecule has 0 bridgehead atoms. The first-order valence-electron chi connectivity index (χ1n) is 6.52. The smallest absolute Gasteiger partial charge is 0.277 e. The van der Waals surface area contributed by atoms with Gasteiger partial charge < -0.3 is 13.9 Å². The van der Waals surface area contributed by atoms with E-state index in [1.54, 1.807) is 12.1 Å². The Morgan fingerprint density at radius 2 is 1.53 bits per heavy atom. The van der Waals surface area contributed by atoms with E-state index >= 15 is 0 Å². The summed E-state index contributed by atoms with van der Waals surface area (Å²) in [7, 11) is 0.492. The monoisotopic (exact) mass is 286 g/mol. The summed E-state index contributed by atoms with van der Waals surface area (Å²) in [6.45, 7) is 7.74. The molecule has 108 valence electrons. The zero-order valence-corrected chi connectivity index (χ0v) is 14.3. The molecule has 0 N–H and O–H groups in total. The molecule has 1 rings (SSSR count). The molecule has 0 unspecified atom stereocenters. The first-order chi connectivity index (χ1) is 8.87. The van der Waals surface area contributed by atoms with Gasteiger partial charge in [0.2, 0.25) is 0 Å². The van der Waals surface area contributed by atoms with Crippen LogP contribution in [0.5, 0.6) is 0 Å². The molecule has 0 atom stereocenters. The Morgan fingerprint density at radius 1 is 1.05 bits per heavy atom. The second-order valence-corrected chi connectivity index (χ2v) is 5.43. The van der Waals surface area contributed by atoms with Crippen LogP contribution < -0.4 is 0 Å². The van der Waals surface area contributed by atoms with Crippen molar-refractivity contribution in [1.29, 1.82) is 0 Å². The summed E-state index contributed by atoms with van der Waals surface area (Å²) < 4.78 is 30.2. The predicted molar refractivity (Wildman–Crippen MR) is 76.3 cm³/mol. The van der Waals surface area contributed by atoms with Crippen molar-refractivity contribution in [2.24, 2.45) is 0 Å². The highest BCUT2D eigenvalue weighted by Gasteiger charge is 2.34. The van der Waals surface area contributed by atoms with Crippen molar-refractivity contribution in [3.63, 3.8) is 0 Å². The minimum absolute atomic E-state index is 0.0202. The topological polar surface area (TPSA) is 27.7 Å². The first-order valence-corrected chi connectivity index (χ1v) is 7.34. The normalized spacial score (nSPS) is 12.6. The van der Waals surface area contributed by atoms with Crippen molar-refractivity contribution in [3.8, 4) is 0 Å². The molecule has 0 saturated carbocycles. The average Bonchev–Trinajstić information content (AvgIpc) is 2.30. The quantitative estimate of drug-likeness (QED) is 0.568. The van der Waals surface area contributed by atoms with E-state index in [1.807, 2.05) is 27.7 Å². The van der Waals surface area contributed by atoms with Crippen LogP contribution in [0.1, 0.15) is 33.3 Å². The summed E-state index contributed by atoms with van der Waals surface area (Å²) in [5.74, 6) is -1.33. The zero-order valence-electron chi connectivity index (χ0n) is 12.3. The van der Waals surface area contributed by atoms with Crippen LogP contribution in [-0.2, 0) is 20.3 Å². The van der Waals surface area contributed by atoms with E-state index in [9.17, 15) is 4.39 Å². The molecule has 3 nitrogen and oxygen atoms in total. The van der Waals surface area contributed by atoms with Crippen LogP contribution in [0.2, 0.25) is 0 Å². The number of hydrogen-bond donors (Lipinski definition) is 0. The Morgan fingerprint density at radius 3 is 1.89 bits per heavy atom. The lowest BCUT2D eigenvalue weighted by Crippen LogP contribution is -2.44. The molecule has 1 aromatic rings. The fourth-order valence-corrected chi connectivity index (χ4v) is 2.19. The Hall–Kier alpha value is -0.753. The number of ether oxygens (including phenoxy) is 2. The van der Waals surface area contributed by atoms with E-state index in [0.29, 0.717) is 16.9 Å². The fraction of sp³-hybridized carbons (Fsp3) is 0.571. The molecule has 0 aliphatic rings. The Kier molecular flexibility index (Phi) is 6.13. The molecule has 5 heteroatoms. The van der Waals surface area contributed by atoms with Crippen LogP contribution in [-0.4, -0.2) is 28.7 Å². The third kappa shape index (κ3) is 5.40. The first kappa shape index (κ1) is 16.3. The highest BCUT2D eigenvalue weighted by Crippen LogP contribution is 2.24. The molecule has 19 heavy (non-hydrogen) atoms. The van der Waals surface area contributed by atoms with Gasteiger partial charge in [0.1, 0.15) is 5.82 Å². The number of benzene rings is 1. The van der Waals surface area contributed by atoms with E-state index in [4.69, 9.17) is 13.9 Å². The van der Waals surface area contributed by atoms with Gasteiger partial charge in [-0.1, -0.05) is 12.1 Å². The summed E-state index contributed by atoms with van der Waals surface area (Å²) in [6.07, 6.45) is 0.397. The molecule has 0 fully saturated rings. The minimum Gasteiger partial charge on any atom is -0.380 e. The van der Waals surface area contributed by atoms with Crippen LogP contribution in [0, 0.1) is 5.82 Å². The summed E-state index contributed by atoms with van der Waals surface area (Å²) in [6, 6.07) is 6.30. The van der Waals surface area contributed by atoms with Crippen LogP contribution in [0.25, 0.3) is 0 Å². The summed E-state index contributed by atoms with van der Waals surface area (Å²) in [5, 5.41) is 0. The van der Waals surface area contributed by atoms with Crippen LogP contribution in [0.15, 0.2) is 24.3 Å². The van der Waals surface area contributed by atoms with Crippen molar-refractivity contribution < 1.29 is 18.3 Å². The van der Waals surface area contributed by atoms with Crippen molar-refractivity contribution in [2.45, 2.75) is 52.3 Å². The molecule has 0 aliphatic carbocycles. The van der Waals surface area contributed by atoms with Gasteiger partial charge in [-0.3, -0.25) is 0 Å². The number of halogens is 1. The summed E-state index contributed by atoms with van der Waals surface area (Å²) >= 11 is 0. The predicted octanol–water partition coefficient (Wildman–Crippen LogP) is 2.17. The summed E-state index contributed by atoms with van der Waals surface area (Å²) in [5.41, 5.74) is 0.915. The maximum Gasteiger partial charge on any atom is 0.277 e. The second kappa shape index (κ2) is 7.14. The maximum absolute atomic E-state index is 12.9. The molecular weight excluding hydrogens is 263 g/mol. The zero-order chi connectivity index (χ0) is 14.5. The Balaban J connectivity index is 2.91. The van der Waals surface area contributed by atoms with E-state index in [1.165, 1.54) is 12.1 Å². The average molecular weight is 286 g/mol. The van der Waals surface area contributed by atoms with Gasteiger partial charge >= 0.3 is 0 Å². The van der Waals surface area contributed by atoms with E-state index in [-0.39, 0.29) is 18.0 Å². The van der Waals surface area contributed by atoms with Gasteiger partial charge in [-0.15, -0.1) is 0 Å². The lowest BCUT2D eigenvalue weighted by molar-refractivity contribution is -0.365. The van der Waals surface area contributed by atoms with Crippen molar-refractivity contribution in [2.75, 3.05) is 0 Å². The van der Waals surface area contributed by atoms with Gasteiger partial charge in [0.15, 0.2) is 10.5 Å². The third-order valence-electron chi connectivity index (χ3n) is 2.48. The Labute approximate surface area is 117 Å². The van der Waals surface area contributed by atoms with Crippen LogP contribution >= 0.6 is 0 Å². The van der Waals surface area contributed by atoms with Gasteiger partial charge in [-0.05, 0) is 45.4 Å². The van der Waals surface area contributed by atoms with Gasteiger partial charge in [0, 0.05) is 0 Å². The fourth-order valence-electron chi connectivity index (χ4n) is 1.85. The van der Waals surface area contributed by atoms with E-state index < -0.39 is 5.97 Å². The number of rotatable bonds is 7. The molecule has 1 aromatic carbocycles. The number of hydrogen-bond acceptors (Lipinski definition) is 3. The van der Waals surface area contributed by atoms with Crippen molar-refractivity contribution >= 4 is 10.5 Å². The minimum atomic E-state index is -1.08. The standard InChI is InChI=1S/C14H23FO3Si/c1-10(2)16-14(18-19,17-11(3)4)9-12-5-7-13(15)8-6-12/h5-8,10-11H,9H2,1-4,19H3. The van der Waals surface area contributed by atoms with Crippen LogP contribution in [0.3, 0.4) is 0 Å². The second-order valence-electron chi connectivity index (χ2n) is 5.02. The maximum atomic E-state index is 12.9. The van der Waals surface area contributed by atoms with Gasteiger partial charge in [0.05, 0.1) is 18.6 Å². The lowest BCUT2D eigenvalue weighted by Gasteiger charge is -2.36. The van der Waals surface area contributed by atoms with Crippen LogP contribution in [0.4, 0.5) is 4.39 Å². The SMILES string of the molecule is CC(C)OC(Cc1ccc(F)cc1)(O[SiH3])OC(C)C. The van der Waals surface area contributed by atoms with Gasteiger partial charge in [-0.2, -0.15) is 0 Å². The van der Waals surface area contributed by atoms with Gasteiger partial charge in [0.25, 0.3) is 5.97 Å². The van der Waals surface area contributed by atoms with E-state index in [2.05, 4.69) is 0 Å². The third-order valence-corrected chi connectivity index (χ3v) is 3.10. The van der Waals surface area contributed by atoms with E-state index in [0.717, 1.165) is 5.56 Å². The summed E-state index contributed by atoms with van der Waals surface area (Å²) in [4.78, 5) is 0. The lowest BCUT2D eigenvalue weighted by atomic mass is 10.1. The molecular formula is C14H23FO3Si. The van der Waals surface area contributed by atoms with Crippen molar-refractivity contribution in [1.82, 2.24) is 0 Å². The highest BCUT2D eigenvalue weighted by atomic mass is 28.2. The molecule has 0 heterocycles. The highest BCUT2D eigenvalue weighted by molar-refractivity contribution is 5.98. The van der Waals surface area contributed by atoms with Gasteiger partial charge in [-0.25, -0.2) is 4.39 Å². The largest absolute Gasteiger partial charge is 0.380 e. The van der Waals surface area contributed by atoms with Crippen molar-refractivity contribution in [3.05, 3.63) is 35.6 Å². The molecule has 0 spiro atoms. The Bertz CT molecular complexity index is 369. The molecule has 0 saturated heterocycles. The molecule has 0 amide bonds.